The lowest BCUT2D eigenvalue weighted by atomic mass is 9.99. The molecular weight excluding hydrogens is 316 g/mol. The van der Waals surface area contributed by atoms with Gasteiger partial charge in [0.15, 0.2) is 0 Å². The van der Waals surface area contributed by atoms with E-state index in [9.17, 15) is 23.8 Å². The zero-order valence-electron chi connectivity index (χ0n) is 13.4. The zero-order valence-corrected chi connectivity index (χ0v) is 13.4. The van der Waals surface area contributed by atoms with Gasteiger partial charge in [0.05, 0.1) is 0 Å². The quantitative estimate of drug-likeness (QED) is 0.753. The number of phenolic OH excluding ortho intramolecular Hbond substituents is 1. The summed E-state index contributed by atoms with van der Waals surface area (Å²) >= 11 is 0. The molecular formula is C18H19F2NO3. The molecule has 2 aromatic rings. The third-order valence-corrected chi connectivity index (χ3v) is 3.78. The van der Waals surface area contributed by atoms with Gasteiger partial charge in [-0.3, -0.25) is 10.1 Å². The molecule has 4 nitrogen and oxygen atoms in total. The van der Waals surface area contributed by atoms with Crippen LogP contribution in [0.15, 0.2) is 36.4 Å². The second-order valence-electron chi connectivity index (χ2n) is 5.86. The summed E-state index contributed by atoms with van der Waals surface area (Å²) in [7, 11) is 0. The van der Waals surface area contributed by atoms with Gasteiger partial charge in [0.2, 0.25) is 0 Å². The van der Waals surface area contributed by atoms with Gasteiger partial charge in [-0.2, -0.15) is 0 Å². The van der Waals surface area contributed by atoms with Crippen LogP contribution in [-0.2, 0) is 11.3 Å². The van der Waals surface area contributed by atoms with Crippen LogP contribution in [0.4, 0.5) is 8.78 Å². The first-order valence-corrected chi connectivity index (χ1v) is 7.52. The summed E-state index contributed by atoms with van der Waals surface area (Å²) < 4.78 is 27.1. The normalized spacial score (nSPS) is 12.4. The Balaban J connectivity index is 2.26. The topological polar surface area (TPSA) is 69.6 Å². The van der Waals surface area contributed by atoms with Crippen LogP contribution in [-0.4, -0.2) is 16.2 Å². The van der Waals surface area contributed by atoms with E-state index in [1.54, 1.807) is 12.1 Å². The minimum absolute atomic E-state index is 0.000681. The molecule has 0 saturated heterocycles. The first-order valence-electron chi connectivity index (χ1n) is 7.52. The van der Waals surface area contributed by atoms with Crippen LogP contribution in [0.5, 0.6) is 5.75 Å². The Kier molecular flexibility index (Phi) is 5.51. The van der Waals surface area contributed by atoms with Crippen molar-refractivity contribution in [1.82, 2.24) is 5.32 Å². The fourth-order valence-corrected chi connectivity index (χ4v) is 2.38. The summed E-state index contributed by atoms with van der Waals surface area (Å²) in [6.45, 7) is 3.98. The molecule has 0 amide bonds. The van der Waals surface area contributed by atoms with Gasteiger partial charge in [-0.15, -0.1) is 0 Å². The van der Waals surface area contributed by atoms with Gasteiger partial charge in [0.25, 0.3) is 0 Å². The van der Waals surface area contributed by atoms with Crippen molar-refractivity contribution >= 4 is 5.97 Å². The first kappa shape index (κ1) is 17.9. The lowest BCUT2D eigenvalue weighted by Crippen LogP contribution is -2.29. The summed E-state index contributed by atoms with van der Waals surface area (Å²) in [5.74, 6) is -2.62. The average molecular weight is 335 g/mol. The molecule has 0 radical (unpaired) electrons. The smallest absolute Gasteiger partial charge is 0.325 e. The summed E-state index contributed by atoms with van der Waals surface area (Å²) in [5, 5.41) is 21.9. The maximum Gasteiger partial charge on any atom is 0.325 e. The van der Waals surface area contributed by atoms with Crippen LogP contribution in [0.1, 0.15) is 42.5 Å². The lowest BCUT2D eigenvalue weighted by Gasteiger charge is -2.17. The number of aromatic hydroxyl groups is 1. The molecule has 0 aliphatic carbocycles. The number of hydrogen-bond acceptors (Lipinski definition) is 3. The van der Waals surface area contributed by atoms with E-state index in [-0.39, 0.29) is 23.8 Å². The highest BCUT2D eigenvalue weighted by Crippen LogP contribution is 2.25. The van der Waals surface area contributed by atoms with Crippen LogP contribution < -0.4 is 5.32 Å². The number of carbonyl (C=O) groups is 1. The van der Waals surface area contributed by atoms with E-state index < -0.39 is 23.6 Å². The van der Waals surface area contributed by atoms with Gasteiger partial charge >= 0.3 is 5.97 Å². The first-order chi connectivity index (χ1) is 11.3. The fraction of sp³-hybridized carbons (Fsp3) is 0.278. The molecule has 6 heteroatoms. The van der Waals surface area contributed by atoms with Crippen molar-refractivity contribution in [2.75, 3.05) is 0 Å². The van der Waals surface area contributed by atoms with Crippen molar-refractivity contribution in [3.8, 4) is 5.75 Å². The Morgan fingerprint density at radius 1 is 1.17 bits per heavy atom. The Bertz CT molecular complexity index is 747. The summed E-state index contributed by atoms with van der Waals surface area (Å²) in [4.78, 5) is 11.4. The molecule has 24 heavy (non-hydrogen) atoms. The molecule has 0 aliphatic rings. The van der Waals surface area contributed by atoms with Gasteiger partial charge in [-0.1, -0.05) is 26.0 Å². The third kappa shape index (κ3) is 4.08. The second kappa shape index (κ2) is 7.40. The molecule has 2 rings (SSSR count). The average Bonchev–Trinajstić information content (AvgIpc) is 2.51. The fourth-order valence-electron chi connectivity index (χ4n) is 2.38. The summed E-state index contributed by atoms with van der Waals surface area (Å²) in [6.07, 6.45) is 0. The number of benzene rings is 2. The Morgan fingerprint density at radius 2 is 1.88 bits per heavy atom. The number of halogens is 2. The second-order valence-corrected chi connectivity index (χ2v) is 5.86. The Hall–Kier alpha value is -2.47. The molecule has 0 aromatic heterocycles. The standard InChI is InChI=1S/C18H19F2NO3/c1-10(2)11-3-6-16(22)12(7-11)9-21-17(18(23)24)14-8-13(19)4-5-15(14)20/h3-8,10,17,21-22H,9H2,1-2H3,(H,23,24). The number of carboxylic acids is 1. The van der Waals surface area contributed by atoms with Crippen molar-refractivity contribution in [2.45, 2.75) is 32.4 Å². The van der Waals surface area contributed by atoms with E-state index in [1.807, 2.05) is 13.8 Å². The Morgan fingerprint density at radius 3 is 2.50 bits per heavy atom. The molecule has 0 bridgehead atoms. The molecule has 1 unspecified atom stereocenters. The molecule has 2 aromatic carbocycles. The number of phenols is 1. The van der Waals surface area contributed by atoms with Gasteiger partial charge in [0, 0.05) is 17.7 Å². The van der Waals surface area contributed by atoms with Crippen molar-refractivity contribution in [1.29, 1.82) is 0 Å². The molecule has 1 atom stereocenters. The van der Waals surface area contributed by atoms with Gasteiger partial charge in [-0.25, -0.2) is 8.78 Å². The molecule has 0 saturated carbocycles. The van der Waals surface area contributed by atoms with E-state index >= 15 is 0 Å². The third-order valence-electron chi connectivity index (χ3n) is 3.78. The number of carboxylic acid groups (broad SMARTS) is 1. The van der Waals surface area contributed by atoms with Crippen LogP contribution in [0.2, 0.25) is 0 Å². The minimum Gasteiger partial charge on any atom is -0.508 e. The number of nitrogens with one attached hydrogen (secondary N) is 1. The predicted octanol–water partition coefficient (Wildman–Crippen LogP) is 3.71. The van der Waals surface area contributed by atoms with Crippen molar-refractivity contribution < 1.29 is 23.8 Å². The highest BCUT2D eigenvalue weighted by molar-refractivity contribution is 5.75. The van der Waals surface area contributed by atoms with Crippen molar-refractivity contribution in [2.24, 2.45) is 0 Å². The van der Waals surface area contributed by atoms with E-state index in [2.05, 4.69) is 5.32 Å². The molecule has 0 heterocycles. The highest BCUT2D eigenvalue weighted by atomic mass is 19.1. The van der Waals surface area contributed by atoms with E-state index in [0.717, 1.165) is 23.8 Å². The van der Waals surface area contributed by atoms with Crippen molar-refractivity contribution in [3.05, 3.63) is 64.7 Å². The molecule has 128 valence electrons. The summed E-state index contributed by atoms with van der Waals surface area (Å²) in [6, 6.07) is 6.31. The van der Waals surface area contributed by atoms with E-state index in [4.69, 9.17) is 0 Å². The van der Waals surface area contributed by atoms with Crippen LogP contribution in [0.25, 0.3) is 0 Å². The van der Waals surface area contributed by atoms with Crippen LogP contribution in [0.3, 0.4) is 0 Å². The highest BCUT2D eigenvalue weighted by Gasteiger charge is 2.23. The Labute approximate surface area is 138 Å². The molecule has 0 aliphatic heterocycles. The van der Waals surface area contributed by atoms with E-state index in [0.29, 0.717) is 5.56 Å². The lowest BCUT2D eigenvalue weighted by molar-refractivity contribution is -0.139. The SMILES string of the molecule is CC(C)c1ccc(O)c(CNC(C(=O)O)c2cc(F)ccc2F)c1. The zero-order chi connectivity index (χ0) is 17.9. The minimum atomic E-state index is -1.43. The maximum atomic E-state index is 13.8. The van der Waals surface area contributed by atoms with Gasteiger partial charge in [0.1, 0.15) is 23.4 Å². The summed E-state index contributed by atoms with van der Waals surface area (Å²) in [5.41, 5.74) is 1.18. The van der Waals surface area contributed by atoms with Gasteiger partial charge < -0.3 is 10.2 Å². The largest absolute Gasteiger partial charge is 0.508 e. The monoisotopic (exact) mass is 335 g/mol. The van der Waals surface area contributed by atoms with Gasteiger partial charge in [-0.05, 0) is 35.7 Å². The predicted molar refractivity (Wildman–Crippen MR) is 85.8 cm³/mol. The van der Waals surface area contributed by atoms with Crippen LogP contribution in [0, 0.1) is 11.6 Å². The molecule has 0 spiro atoms. The number of hydrogen-bond donors (Lipinski definition) is 3. The van der Waals surface area contributed by atoms with Crippen molar-refractivity contribution in [3.63, 3.8) is 0 Å². The molecule has 3 N–H and O–H groups in total. The number of aliphatic carboxylic acids is 1. The van der Waals surface area contributed by atoms with E-state index in [1.165, 1.54) is 6.07 Å². The van der Waals surface area contributed by atoms with Crippen LogP contribution >= 0.6 is 0 Å². The maximum absolute atomic E-state index is 13.8. The number of rotatable bonds is 6. The molecule has 0 fully saturated rings.